The van der Waals surface area contributed by atoms with E-state index in [9.17, 15) is 14.4 Å². The number of amides is 3. The molecule has 202 valence electrons. The summed E-state index contributed by atoms with van der Waals surface area (Å²) in [6, 6.07) is 14.8. The predicted octanol–water partition coefficient (Wildman–Crippen LogP) is 3.68. The van der Waals surface area contributed by atoms with Crippen molar-refractivity contribution < 1.29 is 14.4 Å². The molecule has 0 aromatic heterocycles. The molecule has 0 spiro atoms. The van der Waals surface area contributed by atoms with Gasteiger partial charge in [0.15, 0.2) is 0 Å². The Kier molecular flexibility index (Phi) is 7.78. The second-order valence-electron chi connectivity index (χ2n) is 11.3. The number of rotatable bonds is 6. The standard InChI is InChI=1S/C30H37ClN4O3/c1-30(2)23-10-4-6-12-26(23)35(29(30)38)22-13-16-34(17-14-22)28(37)25(18-20-8-3-5-11-24(20)31)33-27(36)21-9-7-15-32-19-21/h3-6,8,10-12,21-22,25,32H,7,9,13-19H2,1-2H3,(H,33,36)/t21-,25+/m1/s1. The molecule has 0 bridgehead atoms. The maximum absolute atomic E-state index is 13.8. The SMILES string of the molecule is CC1(C)C(=O)N(C2CCN(C(=O)[C@H](Cc3ccccc3Cl)NC(=O)[C@@H]3CCCNC3)CC2)c2ccccc21. The molecule has 0 radical (unpaired) electrons. The molecule has 3 aliphatic heterocycles. The average molecular weight is 537 g/mol. The summed E-state index contributed by atoms with van der Waals surface area (Å²) in [4.78, 5) is 44.1. The number of nitrogens with one attached hydrogen (secondary N) is 2. The van der Waals surface area contributed by atoms with Crippen LogP contribution in [0.15, 0.2) is 48.5 Å². The van der Waals surface area contributed by atoms with Gasteiger partial charge in [0.05, 0.1) is 11.3 Å². The van der Waals surface area contributed by atoms with E-state index in [4.69, 9.17) is 11.6 Å². The molecule has 0 aliphatic carbocycles. The highest BCUT2D eigenvalue weighted by Gasteiger charge is 2.47. The van der Waals surface area contributed by atoms with E-state index in [2.05, 4.69) is 10.6 Å². The second-order valence-corrected chi connectivity index (χ2v) is 11.7. The first-order chi connectivity index (χ1) is 18.3. The first-order valence-corrected chi connectivity index (χ1v) is 14.1. The van der Waals surface area contributed by atoms with Gasteiger partial charge in [-0.15, -0.1) is 0 Å². The van der Waals surface area contributed by atoms with Crippen LogP contribution in [0.25, 0.3) is 0 Å². The molecule has 2 saturated heterocycles. The number of carbonyl (C=O) groups is 3. The van der Waals surface area contributed by atoms with E-state index in [0.29, 0.717) is 43.9 Å². The highest BCUT2D eigenvalue weighted by Crippen LogP contribution is 2.43. The third-order valence-electron chi connectivity index (χ3n) is 8.40. The van der Waals surface area contributed by atoms with E-state index in [1.807, 2.05) is 72.2 Å². The van der Waals surface area contributed by atoms with E-state index in [0.717, 1.165) is 36.2 Å². The van der Waals surface area contributed by atoms with Gasteiger partial charge in [-0.2, -0.15) is 0 Å². The molecule has 8 heteroatoms. The maximum atomic E-state index is 13.8. The number of fused-ring (bicyclic) bond motifs is 1. The monoisotopic (exact) mass is 536 g/mol. The van der Waals surface area contributed by atoms with Crippen molar-refractivity contribution in [3.63, 3.8) is 0 Å². The van der Waals surface area contributed by atoms with Gasteiger partial charge in [0.25, 0.3) is 0 Å². The van der Waals surface area contributed by atoms with Gasteiger partial charge in [0, 0.05) is 42.8 Å². The quantitative estimate of drug-likeness (QED) is 0.590. The Bertz CT molecular complexity index is 1200. The molecule has 2 N–H and O–H groups in total. The summed E-state index contributed by atoms with van der Waals surface area (Å²) in [6.45, 7) is 6.59. The maximum Gasteiger partial charge on any atom is 0.245 e. The smallest absolute Gasteiger partial charge is 0.245 e. The Morgan fingerprint density at radius 2 is 1.79 bits per heavy atom. The lowest BCUT2D eigenvalue weighted by atomic mass is 9.86. The van der Waals surface area contributed by atoms with Crippen molar-refractivity contribution >= 4 is 35.0 Å². The van der Waals surface area contributed by atoms with Crippen LogP contribution in [0.4, 0.5) is 5.69 Å². The van der Waals surface area contributed by atoms with Gasteiger partial charge in [0.2, 0.25) is 17.7 Å². The lowest BCUT2D eigenvalue weighted by Crippen LogP contribution is -2.56. The van der Waals surface area contributed by atoms with Gasteiger partial charge < -0.3 is 20.4 Å². The van der Waals surface area contributed by atoms with Gasteiger partial charge >= 0.3 is 0 Å². The number of piperidine rings is 2. The second kappa shape index (κ2) is 11.1. The molecular formula is C30H37ClN4O3. The summed E-state index contributed by atoms with van der Waals surface area (Å²) < 4.78 is 0. The lowest BCUT2D eigenvalue weighted by molar-refractivity contribution is -0.138. The molecule has 5 rings (SSSR count). The average Bonchev–Trinajstić information content (AvgIpc) is 3.14. The molecule has 2 atom stereocenters. The zero-order valence-electron chi connectivity index (χ0n) is 22.2. The number of nitrogens with zero attached hydrogens (tertiary/aromatic N) is 2. The van der Waals surface area contributed by atoms with Gasteiger partial charge in [-0.05, 0) is 69.3 Å². The molecule has 0 unspecified atom stereocenters. The highest BCUT2D eigenvalue weighted by atomic mass is 35.5. The molecule has 2 aromatic carbocycles. The van der Waals surface area contributed by atoms with Crippen LogP contribution >= 0.6 is 11.6 Å². The van der Waals surface area contributed by atoms with Crippen LogP contribution in [0, 0.1) is 5.92 Å². The van der Waals surface area contributed by atoms with Crippen molar-refractivity contribution in [2.24, 2.45) is 5.92 Å². The number of halogens is 1. The van der Waals surface area contributed by atoms with Crippen LogP contribution < -0.4 is 15.5 Å². The van der Waals surface area contributed by atoms with Crippen molar-refractivity contribution in [1.82, 2.24) is 15.5 Å². The molecular weight excluding hydrogens is 500 g/mol. The number of anilines is 1. The molecule has 7 nitrogen and oxygen atoms in total. The van der Waals surface area contributed by atoms with Crippen molar-refractivity contribution in [2.75, 3.05) is 31.1 Å². The molecule has 38 heavy (non-hydrogen) atoms. The lowest BCUT2D eigenvalue weighted by Gasteiger charge is -2.39. The highest BCUT2D eigenvalue weighted by molar-refractivity contribution is 6.31. The van der Waals surface area contributed by atoms with E-state index in [1.165, 1.54) is 0 Å². The number of benzene rings is 2. The number of carbonyl (C=O) groups excluding carboxylic acids is 3. The molecule has 3 heterocycles. The Hall–Kier alpha value is -2.90. The van der Waals surface area contributed by atoms with E-state index >= 15 is 0 Å². The minimum atomic E-state index is -0.686. The fourth-order valence-corrected chi connectivity index (χ4v) is 6.33. The largest absolute Gasteiger partial charge is 0.344 e. The Balaban J connectivity index is 1.29. The molecule has 3 amide bonds. The van der Waals surface area contributed by atoms with E-state index in [-0.39, 0.29) is 29.7 Å². The van der Waals surface area contributed by atoms with E-state index in [1.54, 1.807) is 0 Å². The first-order valence-electron chi connectivity index (χ1n) is 13.7. The zero-order chi connectivity index (χ0) is 26.9. The van der Waals surface area contributed by atoms with Gasteiger partial charge in [-0.1, -0.05) is 48.0 Å². The number of hydrogen-bond acceptors (Lipinski definition) is 4. The van der Waals surface area contributed by atoms with Crippen LogP contribution in [0.1, 0.15) is 50.7 Å². The third-order valence-corrected chi connectivity index (χ3v) is 8.76. The van der Waals surface area contributed by atoms with Crippen LogP contribution in [0.2, 0.25) is 5.02 Å². The Morgan fingerprint density at radius 1 is 1.08 bits per heavy atom. The summed E-state index contributed by atoms with van der Waals surface area (Å²) in [5, 5.41) is 6.93. The zero-order valence-corrected chi connectivity index (χ0v) is 23.0. The molecule has 2 fully saturated rings. The first kappa shape index (κ1) is 26.7. The van der Waals surface area contributed by atoms with Gasteiger partial charge in [0.1, 0.15) is 6.04 Å². The predicted molar refractivity (Wildman–Crippen MR) is 149 cm³/mol. The minimum Gasteiger partial charge on any atom is -0.344 e. The summed E-state index contributed by atoms with van der Waals surface area (Å²) in [7, 11) is 0. The number of hydrogen-bond donors (Lipinski definition) is 2. The fourth-order valence-electron chi connectivity index (χ4n) is 6.11. The fraction of sp³-hybridized carbons (Fsp3) is 0.500. The Labute approximate surface area is 229 Å². The normalized spacial score (nSPS) is 22.2. The Morgan fingerprint density at radius 3 is 2.50 bits per heavy atom. The third kappa shape index (κ3) is 5.19. The van der Waals surface area contributed by atoms with Crippen molar-refractivity contribution in [2.45, 2.75) is 63.5 Å². The minimum absolute atomic E-state index is 0.0411. The van der Waals surface area contributed by atoms with Crippen LogP contribution in [0.3, 0.4) is 0 Å². The molecule has 3 aliphatic rings. The summed E-state index contributed by atoms with van der Waals surface area (Å²) >= 11 is 6.43. The molecule has 2 aromatic rings. The summed E-state index contributed by atoms with van der Waals surface area (Å²) in [5.41, 5.74) is 2.33. The summed E-state index contributed by atoms with van der Waals surface area (Å²) in [6.07, 6.45) is 3.50. The van der Waals surface area contributed by atoms with Crippen molar-refractivity contribution in [3.8, 4) is 0 Å². The van der Waals surface area contributed by atoms with Crippen molar-refractivity contribution in [3.05, 3.63) is 64.7 Å². The van der Waals surface area contributed by atoms with Gasteiger partial charge in [-0.3, -0.25) is 14.4 Å². The number of likely N-dealkylation sites (tertiary alicyclic amines) is 1. The van der Waals surface area contributed by atoms with Gasteiger partial charge in [-0.25, -0.2) is 0 Å². The number of para-hydroxylation sites is 1. The van der Waals surface area contributed by atoms with Crippen molar-refractivity contribution in [1.29, 1.82) is 0 Å². The molecule has 0 saturated carbocycles. The summed E-state index contributed by atoms with van der Waals surface area (Å²) in [5.74, 6) is -0.193. The topological polar surface area (TPSA) is 81.8 Å². The van der Waals surface area contributed by atoms with Crippen LogP contribution in [-0.4, -0.2) is 60.9 Å². The van der Waals surface area contributed by atoms with E-state index < -0.39 is 11.5 Å². The van der Waals surface area contributed by atoms with Crippen LogP contribution in [0.5, 0.6) is 0 Å². The van der Waals surface area contributed by atoms with Crippen LogP contribution in [-0.2, 0) is 26.2 Å².